The van der Waals surface area contributed by atoms with Crippen molar-refractivity contribution in [1.82, 2.24) is 0 Å². The Bertz CT molecular complexity index is 335. The van der Waals surface area contributed by atoms with E-state index in [1.54, 1.807) is 19.1 Å². The van der Waals surface area contributed by atoms with Gasteiger partial charge in [0.15, 0.2) is 0 Å². The number of allylic oxidation sites excluding steroid dienone is 4. The van der Waals surface area contributed by atoms with Gasteiger partial charge in [-0.05, 0) is 40.5 Å². The Labute approximate surface area is 105 Å². The summed E-state index contributed by atoms with van der Waals surface area (Å²) in [6.07, 6.45) is 9.15. The van der Waals surface area contributed by atoms with E-state index in [9.17, 15) is 5.11 Å². The van der Waals surface area contributed by atoms with Gasteiger partial charge in [-0.3, -0.25) is 0 Å². The molecule has 17 heavy (non-hydrogen) atoms. The minimum Gasteiger partial charge on any atom is -0.383 e. The summed E-state index contributed by atoms with van der Waals surface area (Å²) in [5.41, 5.74) is 0.0471. The minimum atomic E-state index is -0.911. The fourth-order valence-corrected chi connectivity index (χ4v) is 1.96. The molecule has 1 aliphatic rings. The van der Waals surface area contributed by atoms with Gasteiger partial charge in [0.2, 0.25) is 0 Å². The smallest absolute Gasteiger partial charge is 0.106 e. The third-order valence-corrected chi connectivity index (χ3v) is 3.24. The van der Waals surface area contributed by atoms with Crippen LogP contribution >= 0.6 is 0 Å². The molecular weight excluding hydrogens is 212 g/mol. The maximum absolute atomic E-state index is 10.4. The van der Waals surface area contributed by atoms with E-state index in [2.05, 4.69) is 20.4 Å². The van der Waals surface area contributed by atoms with E-state index >= 15 is 0 Å². The number of rotatable bonds is 4. The molecule has 2 heteroatoms. The van der Waals surface area contributed by atoms with E-state index in [1.165, 1.54) is 0 Å². The van der Waals surface area contributed by atoms with Crippen LogP contribution in [0.3, 0.4) is 0 Å². The molecule has 0 aromatic carbocycles. The quantitative estimate of drug-likeness (QED) is 0.758. The van der Waals surface area contributed by atoms with Gasteiger partial charge in [-0.15, -0.1) is 0 Å². The molecule has 1 saturated heterocycles. The molecule has 1 aliphatic heterocycles. The molecule has 0 radical (unpaired) electrons. The van der Waals surface area contributed by atoms with E-state index in [4.69, 9.17) is 4.74 Å². The van der Waals surface area contributed by atoms with Crippen molar-refractivity contribution in [3.8, 4) is 0 Å². The van der Waals surface area contributed by atoms with Crippen LogP contribution in [0.15, 0.2) is 36.5 Å². The van der Waals surface area contributed by atoms with Crippen molar-refractivity contribution in [3.05, 3.63) is 36.5 Å². The average Bonchev–Trinajstić information content (AvgIpc) is 2.59. The van der Waals surface area contributed by atoms with Gasteiger partial charge < -0.3 is 9.84 Å². The molecule has 96 valence electrons. The summed E-state index contributed by atoms with van der Waals surface area (Å²) in [5.74, 6) is 0. The summed E-state index contributed by atoms with van der Waals surface area (Å²) in [7, 11) is 0. The van der Waals surface area contributed by atoms with Crippen LogP contribution in [-0.2, 0) is 4.74 Å². The fraction of sp³-hybridized carbons (Fsp3) is 0.600. The summed E-state index contributed by atoms with van der Waals surface area (Å²) in [6, 6.07) is 0. The van der Waals surface area contributed by atoms with Crippen LogP contribution in [0.25, 0.3) is 0 Å². The molecule has 0 aromatic rings. The highest BCUT2D eigenvalue weighted by molar-refractivity contribution is 5.21. The maximum Gasteiger partial charge on any atom is 0.106 e. The van der Waals surface area contributed by atoms with Crippen LogP contribution in [0.5, 0.6) is 0 Å². The molecule has 1 fully saturated rings. The summed E-state index contributed by atoms with van der Waals surface area (Å²) in [5, 5.41) is 10.4. The third kappa shape index (κ3) is 4.14. The molecule has 1 heterocycles. The monoisotopic (exact) mass is 236 g/mol. The molecule has 0 unspecified atom stereocenters. The van der Waals surface area contributed by atoms with Gasteiger partial charge >= 0.3 is 0 Å². The molecule has 2 nitrogen and oxygen atoms in total. The van der Waals surface area contributed by atoms with Crippen molar-refractivity contribution in [3.63, 3.8) is 0 Å². The SMILES string of the molecule is C=C/C(C)=C/C=C/[C@](C)(O)[C@H]1CCC(C)(C)O1. The van der Waals surface area contributed by atoms with Gasteiger partial charge in [0.05, 0.1) is 11.7 Å². The fourth-order valence-electron chi connectivity index (χ4n) is 1.96. The Kier molecular flexibility index (Phi) is 4.34. The Hall–Kier alpha value is -0.860. The van der Waals surface area contributed by atoms with Crippen molar-refractivity contribution in [2.24, 2.45) is 0 Å². The number of ether oxygens (including phenoxy) is 1. The lowest BCUT2D eigenvalue weighted by Crippen LogP contribution is -2.38. The van der Waals surface area contributed by atoms with E-state index in [-0.39, 0.29) is 11.7 Å². The summed E-state index contributed by atoms with van der Waals surface area (Å²) >= 11 is 0. The molecular formula is C15H24O2. The molecule has 1 rings (SSSR count). The molecule has 0 saturated carbocycles. The first-order valence-electron chi connectivity index (χ1n) is 6.15. The Morgan fingerprint density at radius 1 is 1.53 bits per heavy atom. The van der Waals surface area contributed by atoms with Gasteiger partial charge in [-0.25, -0.2) is 0 Å². The van der Waals surface area contributed by atoms with Crippen LogP contribution in [0.4, 0.5) is 0 Å². The largest absolute Gasteiger partial charge is 0.383 e. The van der Waals surface area contributed by atoms with Crippen LogP contribution in [-0.4, -0.2) is 22.4 Å². The zero-order valence-electron chi connectivity index (χ0n) is 11.4. The summed E-state index contributed by atoms with van der Waals surface area (Å²) < 4.78 is 5.86. The van der Waals surface area contributed by atoms with E-state index < -0.39 is 5.60 Å². The standard InChI is InChI=1S/C15H24O2/c1-6-12(2)8-7-10-15(5,16)13-9-11-14(3,4)17-13/h6-8,10,13,16H,1,9,11H2,2-5H3/b10-7+,12-8+/t13-,15+/m1/s1. The predicted octanol–water partition coefficient (Wildman–Crippen LogP) is 3.38. The van der Waals surface area contributed by atoms with E-state index in [1.807, 2.05) is 19.1 Å². The average molecular weight is 236 g/mol. The Balaban J connectivity index is 2.66. The van der Waals surface area contributed by atoms with Crippen LogP contribution in [0, 0.1) is 0 Å². The van der Waals surface area contributed by atoms with Crippen molar-refractivity contribution in [2.75, 3.05) is 0 Å². The molecule has 0 aliphatic carbocycles. The van der Waals surface area contributed by atoms with Crippen molar-refractivity contribution >= 4 is 0 Å². The molecule has 0 bridgehead atoms. The summed E-state index contributed by atoms with van der Waals surface area (Å²) in [6.45, 7) is 11.6. The highest BCUT2D eigenvalue weighted by Crippen LogP contribution is 2.35. The van der Waals surface area contributed by atoms with Crippen molar-refractivity contribution in [2.45, 2.75) is 57.8 Å². The van der Waals surface area contributed by atoms with E-state index in [0.29, 0.717) is 0 Å². The number of hydrogen-bond donors (Lipinski definition) is 1. The van der Waals surface area contributed by atoms with Crippen LogP contribution in [0.1, 0.15) is 40.5 Å². The normalized spacial score (nSPS) is 28.3. The van der Waals surface area contributed by atoms with Gasteiger partial charge in [0.1, 0.15) is 5.60 Å². The highest BCUT2D eigenvalue weighted by Gasteiger charge is 2.40. The molecule has 2 atom stereocenters. The Morgan fingerprint density at radius 2 is 2.18 bits per heavy atom. The highest BCUT2D eigenvalue weighted by atomic mass is 16.5. The van der Waals surface area contributed by atoms with Crippen LogP contribution < -0.4 is 0 Å². The van der Waals surface area contributed by atoms with Crippen LogP contribution in [0.2, 0.25) is 0 Å². The van der Waals surface area contributed by atoms with Gasteiger partial charge in [0.25, 0.3) is 0 Å². The second-order valence-electron chi connectivity index (χ2n) is 5.60. The molecule has 1 N–H and O–H groups in total. The second-order valence-corrected chi connectivity index (χ2v) is 5.60. The topological polar surface area (TPSA) is 29.5 Å². The number of hydrogen-bond acceptors (Lipinski definition) is 2. The Morgan fingerprint density at radius 3 is 2.65 bits per heavy atom. The zero-order chi connectivity index (χ0) is 13.1. The van der Waals surface area contributed by atoms with E-state index in [0.717, 1.165) is 18.4 Å². The molecule has 0 spiro atoms. The van der Waals surface area contributed by atoms with Gasteiger partial charge in [-0.2, -0.15) is 0 Å². The van der Waals surface area contributed by atoms with Crippen molar-refractivity contribution in [1.29, 1.82) is 0 Å². The number of aliphatic hydroxyl groups is 1. The second kappa shape index (κ2) is 5.19. The first kappa shape index (κ1) is 14.2. The predicted molar refractivity (Wildman–Crippen MR) is 71.9 cm³/mol. The first-order valence-corrected chi connectivity index (χ1v) is 6.15. The lowest BCUT2D eigenvalue weighted by Gasteiger charge is -2.28. The first-order chi connectivity index (χ1) is 7.77. The van der Waals surface area contributed by atoms with Gasteiger partial charge in [0, 0.05) is 0 Å². The molecule has 0 aromatic heterocycles. The maximum atomic E-state index is 10.4. The zero-order valence-corrected chi connectivity index (χ0v) is 11.4. The third-order valence-electron chi connectivity index (χ3n) is 3.24. The lowest BCUT2D eigenvalue weighted by molar-refractivity contribution is -0.0960. The van der Waals surface area contributed by atoms with Gasteiger partial charge in [-0.1, -0.05) is 36.5 Å². The molecule has 0 amide bonds. The summed E-state index contributed by atoms with van der Waals surface area (Å²) in [4.78, 5) is 0. The lowest BCUT2D eigenvalue weighted by atomic mass is 9.95. The van der Waals surface area contributed by atoms with Crippen molar-refractivity contribution < 1.29 is 9.84 Å². The minimum absolute atomic E-state index is 0.116.